The molecule has 1 saturated carbocycles. The van der Waals surface area contributed by atoms with Crippen molar-refractivity contribution in [3.63, 3.8) is 0 Å². The second kappa shape index (κ2) is 6.39. The highest BCUT2D eigenvalue weighted by Crippen LogP contribution is 2.58. The first-order valence-corrected chi connectivity index (χ1v) is 8.81. The first-order valence-electron chi connectivity index (χ1n) is 8.81. The first-order chi connectivity index (χ1) is 12.9. The van der Waals surface area contributed by atoms with Gasteiger partial charge in [0.2, 0.25) is 12.5 Å². The number of aliphatic hydroxyl groups excluding tert-OH is 2. The summed E-state index contributed by atoms with van der Waals surface area (Å²) in [6.07, 6.45) is 1.07. The number of fused-ring (bicyclic) bond motifs is 2. The lowest BCUT2D eigenvalue weighted by molar-refractivity contribution is -0.742. The fourth-order valence-corrected chi connectivity index (χ4v) is 5.27. The Hall–Kier alpha value is -2.30. The molecule has 5 atom stereocenters. The second-order valence-electron chi connectivity index (χ2n) is 7.33. The molecular formula is C17H22N2O8. The number of benzene rings is 1. The molecule has 5 rings (SSSR count). The highest BCUT2D eigenvalue weighted by Gasteiger charge is 2.60. The van der Waals surface area contributed by atoms with Gasteiger partial charge in [0.25, 0.3) is 5.09 Å². The number of methoxy groups -OCH3 is 1. The van der Waals surface area contributed by atoms with Crippen LogP contribution >= 0.6 is 0 Å². The van der Waals surface area contributed by atoms with Crippen LogP contribution in [0.2, 0.25) is 0 Å². The van der Waals surface area contributed by atoms with Crippen LogP contribution in [-0.4, -0.2) is 64.1 Å². The van der Waals surface area contributed by atoms with Gasteiger partial charge >= 0.3 is 0 Å². The van der Waals surface area contributed by atoms with Crippen LogP contribution in [0.3, 0.4) is 0 Å². The lowest BCUT2D eigenvalue weighted by atomic mass is 9.61. The Morgan fingerprint density at radius 3 is 2.81 bits per heavy atom. The Morgan fingerprint density at radius 1 is 1.37 bits per heavy atom. The summed E-state index contributed by atoms with van der Waals surface area (Å²) in [4.78, 5) is 10.7. The predicted molar refractivity (Wildman–Crippen MR) is 89.6 cm³/mol. The standard InChI is InChI=1S/C17H21NO5.HNO3/c1-21-15-10-7-18-3-2-17(13(18)4-9(19)5-14(17)20)11(10)6-12-16(15)23-8-22-12;2-1(3)4/h6,9,13-14,19-20H,2-5,7-8H2,1H3;(H,2,3,4)/t9-,13-,14-,17+;/m1./s1. The van der Waals surface area contributed by atoms with Crippen molar-refractivity contribution in [1.82, 2.24) is 4.90 Å². The molecule has 3 heterocycles. The first kappa shape index (κ1) is 18.1. The molecule has 2 bridgehead atoms. The number of nitrogens with zero attached hydrogens (tertiary/aromatic N) is 2. The Kier molecular flexibility index (Phi) is 4.28. The number of hydrogen-bond acceptors (Lipinski definition) is 8. The maximum Gasteiger partial charge on any atom is 0.291 e. The molecule has 2 fully saturated rings. The van der Waals surface area contributed by atoms with Crippen molar-refractivity contribution >= 4 is 0 Å². The molecule has 1 unspecified atom stereocenters. The summed E-state index contributed by atoms with van der Waals surface area (Å²) in [7, 11) is 1.65. The highest BCUT2D eigenvalue weighted by molar-refractivity contribution is 5.63. The third kappa shape index (κ3) is 2.59. The number of hydrogen-bond donors (Lipinski definition) is 3. The molecule has 27 heavy (non-hydrogen) atoms. The van der Waals surface area contributed by atoms with Crippen LogP contribution < -0.4 is 14.2 Å². The van der Waals surface area contributed by atoms with Crippen LogP contribution in [0, 0.1) is 10.1 Å². The Bertz CT molecular complexity index is 768. The van der Waals surface area contributed by atoms with Gasteiger partial charge in [-0.3, -0.25) is 4.90 Å². The van der Waals surface area contributed by atoms with Gasteiger partial charge in [-0.25, -0.2) is 0 Å². The third-order valence-electron chi connectivity index (χ3n) is 6.22. The SMILES string of the molecule is COc1c2c(cc3c1OCO3)[C@@]13CCN(C2)[C@@H]1C[C@@H](O)C[C@H]3O.O=[N+]([O-])O. The summed E-state index contributed by atoms with van der Waals surface area (Å²) in [6, 6.07) is 2.22. The van der Waals surface area contributed by atoms with Crippen LogP contribution in [-0.2, 0) is 12.0 Å². The van der Waals surface area contributed by atoms with E-state index in [-0.39, 0.29) is 18.2 Å². The summed E-state index contributed by atoms with van der Waals surface area (Å²) in [5.41, 5.74) is 1.89. The molecule has 3 aliphatic heterocycles. The van der Waals surface area contributed by atoms with Crippen molar-refractivity contribution in [2.75, 3.05) is 20.4 Å². The predicted octanol–water partition coefficient (Wildman–Crippen LogP) is 0.418. The zero-order valence-corrected chi connectivity index (χ0v) is 14.8. The summed E-state index contributed by atoms with van der Waals surface area (Å²) < 4.78 is 16.8. The maximum atomic E-state index is 10.9. The fourth-order valence-electron chi connectivity index (χ4n) is 5.27. The van der Waals surface area contributed by atoms with Gasteiger partial charge in [-0.2, -0.15) is 0 Å². The van der Waals surface area contributed by atoms with E-state index in [4.69, 9.17) is 29.5 Å². The van der Waals surface area contributed by atoms with E-state index in [0.717, 1.165) is 36.4 Å². The lowest BCUT2D eigenvalue weighted by Gasteiger charge is -2.51. The molecule has 148 valence electrons. The minimum atomic E-state index is -1.50. The van der Waals surface area contributed by atoms with Crippen molar-refractivity contribution < 1.29 is 34.7 Å². The molecule has 0 radical (unpaired) electrons. The lowest BCUT2D eigenvalue weighted by Crippen LogP contribution is -2.58. The molecule has 1 aromatic carbocycles. The molecule has 0 aromatic heterocycles. The molecule has 0 amide bonds. The molecule has 10 heteroatoms. The molecule has 1 aliphatic carbocycles. The molecule has 10 nitrogen and oxygen atoms in total. The average Bonchev–Trinajstić information content (AvgIpc) is 3.15. The van der Waals surface area contributed by atoms with Crippen LogP contribution in [0.4, 0.5) is 0 Å². The van der Waals surface area contributed by atoms with Crippen LogP contribution in [0.25, 0.3) is 0 Å². The van der Waals surface area contributed by atoms with Gasteiger partial charge in [0, 0.05) is 30.0 Å². The molecular weight excluding hydrogens is 360 g/mol. The number of rotatable bonds is 1. The van der Waals surface area contributed by atoms with Crippen LogP contribution in [0.5, 0.6) is 17.2 Å². The fraction of sp³-hybridized carbons (Fsp3) is 0.647. The van der Waals surface area contributed by atoms with E-state index in [0.29, 0.717) is 24.3 Å². The van der Waals surface area contributed by atoms with E-state index in [2.05, 4.69) is 4.90 Å². The highest BCUT2D eigenvalue weighted by atomic mass is 16.9. The second-order valence-corrected chi connectivity index (χ2v) is 7.33. The molecule has 3 N–H and O–H groups in total. The van der Waals surface area contributed by atoms with Gasteiger partial charge in [0.05, 0.1) is 19.3 Å². The van der Waals surface area contributed by atoms with Gasteiger partial charge < -0.3 is 29.6 Å². The summed E-state index contributed by atoms with van der Waals surface area (Å²) in [6.45, 7) is 1.90. The zero-order valence-electron chi connectivity index (χ0n) is 14.8. The molecule has 1 aromatic rings. The minimum Gasteiger partial charge on any atom is -0.492 e. The quantitative estimate of drug-likeness (QED) is 0.466. The average molecular weight is 382 g/mol. The van der Waals surface area contributed by atoms with Crippen LogP contribution in [0.15, 0.2) is 6.07 Å². The maximum absolute atomic E-state index is 10.9. The van der Waals surface area contributed by atoms with E-state index in [1.807, 2.05) is 6.07 Å². The molecule has 1 saturated heterocycles. The molecule has 4 aliphatic rings. The van der Waals surface area contributed by atoms with Gasteiger partial charge in [-0.15, -0.1) is 10.1 Å². The smallest absolute Gasteiger partial charge is 0.291 e. The van der Waals surface area contributed by atoms with Gasteiger partial charge in [0.1, 0.15) is 0 Å². The number of ether oxygens (including phenoxy) is 3. The topological polar surface area (TPSA) is 135 Å². The minimum absolute atomic E-state index is 0.179. The normalized spacial score (nSPS) is 34.8. The monoisotopic (exact) mass is 382 g/mol. The van der Waals surface area contributed by atoms with E-state index < -0.39 is 17.3 Å². The largest absolute Gasteiger partial charge is 0.492 e. The van der Waals surface area contributed by atoms with Gasteiger partial charge in [0.15, 0.2) is 11.5 Å². The van der Waals surface area contributed by atoms with Crippen molar-refractivity contribution in [3.8, 4) is 17.2 Å². The van der Waals surface area contributed by atoms with Gasteiger partial charge in [-0.05, 0) is 31.0 Å². The van der Waals surface area contributed by atoms with Gasteiger partial charge in [-0.1, -0.05) is 0 Å². The van der Waals surface area contributed by atoms with Crippen LogP contribution in [0.1, 0.15) is 30.4 Å². The zero-order chi connectivity index (χ0) is 19.3. The van der Waals surface area contributed by atoms with E-state index in [9.17, 15) is 10.2 Å². The van der Waals surface area contributed by atoms with Crippen molar-refractivity contribution in [2.24, 2.45) is 0 Å². The summed E-state index contributed by atoms with van der Waals surface area (Å²) in [5, 5.41) is 34.7. The van der Waals surface area contributed by atoms with E-state index >= 15 is 0 Å². The molecule has 0 spiro atoms. The Labute approximate surface area is 155 Å². The third-order valence-corrected chi connectivity index (χ3v) is 6.22. The van der Waals surface area contributed by atoms with Crippen molar-refractivity contribution in [2.45, 2.75) is 49.5 Å². The van der Waals surface area contributed by atoms with E-state index in [1.165, 1.54) is 0 Å². The summed E-state index contributed by atoms with van der Waals surface area (Å²) >= 11 is 0. The summed E-state index contributed by atoms with van der Waals surface area (Å²) in [5.74, 6) is 2.11. The Balaban J connectivity index is 0.000000413. The number of aliphatic hydroxyl groups is 2. The van der Waals surface area contributed by atoms with Crippen molar-refractivity contribution in [3.05, 3.63) is 27.3 Å². The van der Waals surface area contributed by atoms with Crippen molar-refractivity contribution in [1.29, 1.82) is 0 Å². The van der Waals surface area contributed by atoms with E-state index in [1.54, 1.807) is 7.11 Å². The Morgan fingerprint density at radius 2 is 2.11 bits per heavy atom.